The monoisotopic (exact) mass is 303 g/mol. The van der Waals surface area contributed by atoms with E-state index in [0.717, 1.165) is 15.7 Å². The van der Waals surface area contributed by atoms with Crippen LogP contribution in [0.15, 0.2) is 12.3 Å². The number of nitrogen functional groups attached to an aromatic ring is 1. The fourth-order valence-electron chi connectivity index (χ4n) is 1.86. The molecule has 0 aliphatic carbocycles. The molecule has 0 aromatic carbocycles. The molecule has 0 bridgehead atoms. The molecule has 1 fully saturated rings. The molecule has 1 saturated heterocycles. The van der Waals surface area contributed by atoms with E-state index in [9.17, 15) is 0 Å². The first-order valence-corrected chi connectivity index (χ1v) is 5.99. The molecule has 2 heterocycles. The van der Waals surface area contributed by atoms with Crippen molar-refractivity contribution >= 4 is 28.4 Å². The van der Waals surface area contributed by atoms with Crippen molar-refractivity contribution in [3.8, 4) is 0 Å². The number of halogens is 1. The maximum Gasteiger partial charge on any atom is 0.128 e. The van der Waals surface area contributed by atoms with Gasteiger partial charge in [0.25, 0.3) is 0 Å². The zero-order valence-electron chi connectivity index (χ0n) is 7.96. The summed E-state index contributed by atoms with van der Waals surface area (Å²) in [7, 11) is 0. The molecule has 2 rings (SSSR count). The lowest BCUT2D eigenvalue weighted by Crippen LogP contribution is -2.27. The van der Waals surface area contributed by atoms with Crippen LogP contribution in [0.2, 0.25) is 0 Å². The Morgan fingerprint density at radius 2 is 2.36 bits per heavy atom. The Morgan fingerprint density at radius 3 is 3.07 bits per heavy atom. The maximum atomic E-state index is 5.87. The average molecular weight is 303 g/mol. The van der Waals surface area contributed by atoms with E-state index in [0.29, 0.717) is 11.9 Å². The van der Waals surface area contributed by atoms with Crippen LogP contribution in [0.1, 0.15) is 30.9 Å². The summed E-state index contributed by atoms with van der Waals surface area (Å²) in [6.45, 7) is 1.09. The smallest absolute Gasteiger partial charge is 0.128 e. The van der Waals surface area contributed by atoms with E-state index in [-0.39, 0.29) is 0 Å². The normalized spacial score (nSPS) is 22.2. The van der Waals surface area contributed by atoms with E-state index in [2.05, 4.69) is 39.0 Å². The molecule has 0 spiro atoms. The topological polar surface area (TPSA) is 50.9 Å². The van der Waals surface area contributed by atoms with E-state index in [4.69, 9.17) is 5.73 Å². The van der Waals surface area contributed by atoms with Crippen LogP contribution in [0.25, 0.3) is 0 Å². The number of hydrogen-bond donors (Lipinski definition) is 2. The molecule has 0 amide bonds. The van der Waals surface area contributed by atoms with Crippen LogP contribution in [0.5, 0.6) is 0 Å². The molecule has 1 unspecified atom stereocenters. The molecule has 0 saturated carbocycles. The molecule has 0 radical (unpaired) electrons. The lowest BCUT2D eigenvalue weighted by atomic mass is 9.98. The van der Waals surface area contributed by atoms with Crippen molar-refractivity contribution in [3.63, 3.8) is 0 Å². The molecule has 1 aromatic heterocycles. The van der Waals surface area contributed by atoms with Crippen LogP contribution in [0.4, 0.5) is 5.82 Å². The number of piperidine rings is 1. The van der Waals surface area contributed by atoms with Gasteiger partial charge in [-0.05, 0) is 48.0 Å². The predicted molar refractivity (Wildman–Crippen MR) is 66.0 cm³/mol. The van der Waals surface area contributed by atoms with Crippen molar-refractivity contribution in [1.29, 1.82) is 0 Å². The fourth-order valence-corrected chi connectivity index (χ4v) is 2.34. The number of pyridine rings is 1. The summed E-state index contributed by atoms with van der Waals surface area (Å²) in [6.07, 6.45) is 5.53. The minimum atomic E-state index is 0.408. The van der Waals surface area contributed by atoms with Gasteiger partial charge in [0.1, 0.15) is 5.82 Å². The highest BCUT2D eigenvalue weighted by atomic mass is 127. The van der Waals surface area contributed by atoms with E-state index >= 15 is 0 Å². The second-order valence-electron chi connectivity index (χ2n) is 3.63. The molecule has 1 aliphatic rings. The first-order chi connectivity index (χ1) is 6.77. The maximum absolute atomic E-state index is 5.87. The third-order valence-corrected chi connectivity index (χ3v) is 3.19. The summed E-state index contributed by atoms with van der Waals surface area (Å²) in [5.41, 5.74) is 7.03. The quantitative estimate of drug-likeness (QED) is 0.781. The van der Waals surface area contributed by atoms with Crippen molar-refractivity contribution < 1.29 is 0 Å². The lowest BCUT2D eigenvalue weighted by molar-refractivity contribution is 0.412. The highest BCUT2D eigenvalue weighted by molar-refractivity contribution is 14.1. The van der Waals surface area contributed by atoms with E-state index < -0.39 is 0 Å². The lowest BCUT2D eigenvalue weighted by Gasteiger charge is -2.24. The molecule has 3 nitrogen and oxygen atoms in total. The van der Waals surface area contributed by atoms with Gasteiger partial charge in [-0.25, -0.2) is 4.98 Å². The molecular weight excluding hydrogens is 289 g/mol. The van der Waals surface area contributed by atoms with Gasteiger partial charge in [-0.1, -0.05) is 6.42 Å². The van der Waals surface area contributed by atoms with Gasteiger partial charge in [0.05, 0.1) is 0 Å². The van der Waals surface area contributed by atoms with Crippen LogP contribution >= 0.6 is 22.6 Å². The summed E-state index contributed by atoms with van der Waals surface area (Å²) in [5, 5.41) is 3.48. The Bertz CT molecular complexity index is 321. The molecule has 4 heteroatoms. The molecule has 76 valence electrons. The van der Waals surface area contributed by atoms with Gasteiger partial charge in [0.2, 0.25) is 0 Å². The number of anilines is 1. The summed E-state index contributed by atoms with van der Waals surface area (Å²) >= 11 is 2.27. The van der Waals surface area contributed by atoms with Crippen molar-refractivity contribution in [2.45, 2.75) is 25.3 Å². The summed E-state index contributed by atoms with van der Waals surface area (Å²) in [4.78, 5) is 4.18. The Balaban J connectivity index is 2.24. The number of nitrogens with one attached hydrogen (secondary N) is 1. The highest BCUT2D eigenvalue weighted by Crippen LogP contribution is 2.27. The van der Waals surface area contributed by atoms with Gasteiger partial charge in [-0.15, -0.1) is 0 Å². The van der Waals surface area contributed by atoms with Crippen LogP contribution in [-0.2, 0) is 0 Å². The summed E-state index contributed by atoms with van der Waals surface area (Å²) < 4.78 is 1.15. The number of aromatic nitrogens is 1. The minimum absolute atomic E-state index is 0.408. The third-order valence-electron chi connectivity index (χ3n) is 2.60. The molecule has 14 heavy (non-hydrogen) atoms. The first-order valence-electron chi connectivity index (χ1n) is 4.91. The highest BCUT2D eigenvalue weighted by Gasteiger charge is 2.17. The van der Waals surface area contributed by atoms with E-state index in [1.54, 1.807) is 0 Å². The molecule has 3 N–H and O–H groups in total. The number of hydrogen-bond acceptors (Lipinski definition) is 3. The van der Waals surface area contributed by atoms with Gasteiger partial charge in [-0.3, -0.25) is 0 Å². The largest absolute Gasteiger partial charge is 0.383 e. The SMILES string of the molecule is Nc1ncc(I)cc1C1CCCCN1. The van der Waals surface area contributed by atoms with Crippen molar-refractivity contribution in [1.82, 2.24) is 10.3 Å². The van der Waals surface area contributed by atoms with E-state index in [1.165, 1.54) is 19.3 Å². The molecule has 1 aliphatic heterocycles. The van der Waals surface area contributed by atoms with Gasteiger partial charge < -0.3 is 11.1 Å². The summed E-state index contributed by atoms with van der Waals surface area (Å²) in [6, 6.07) is 2.54. The standard InChI is InChI=1S/C10H14IN3/c11-7-5-8(10(12)14-6-7)9-3-1-2-4-13-9/h5-6,9,13H,1-4H2,(H2,12,14). The van der Waals surface area contributed by atoms with Crippen LogP contribution in [-0.4, -0.2) is 11.5 Å². The Kier molecular flexibility index (Phi) is 3.22. The Morgan fingerprint density at radius 1 is 1.50 bits per heavy atom. The number of nitrogens with zero attached hydrogens (tertiary/aromatic N) is 1. The zero-order chi connectivity index (χ0) is 9.97. The fraction of sp³-hybridized carbons (Fsp3) is 0.500. The van der Waals surface area contributed by atoms with Crippen LogP contribution < -0.4 is 11.1 Å². The van der Waals surface area contributed by atoms with Gasteiger partial charge >= 0.3 is 0 Å². The zero-order valence-corrected chi connectivity index (χ0v) is 10.1. The second kappa shape index (κ2) is 4.44. The molecular formula is C10H14IN3. The van der Waals surface area contributed by atoms with E-state index in [1.807, 2.05) is 6.20 Å². The van der Waals surface area contributed by atoms with Crippen molar-refractivity contribution in [2.75, 3.05) is 12.3 Å². The van der Waals surface area contributed by atoms with Gasteiger partial charge in [0, 0.05) is 21.4 Å². The van der Waals surface area contributed by atoms with Crippen molar-refractivity contribution in [2.24, 2.45) is 0 Å². The molecule has 1 atom stereocenters. The summed E-state index contributed by atoms with van der Waals surface area (Å²) in [5.74, 6) is 0.671. The second-order valence-corrected chi connectivity index (χ2v) is 4.88. The van der Waals surface area contributed by atoms with Gasteiger partial charge in [0.15, 0.2) is 0 Å². The Hall–Kier alpha value is -0.360. The van der Waals surface area contributed by atoms with Crippen molar-refractivity contribution in [3.05, 3.63) is 21.4 Å². The first kappa shape index (κ1) is 10.2. The molecule has 1 aromatic rings. The Labute approximate surface area is 97.6 Å². The van der Waals surface area contributed by atoms with Crippen LogP contribution in [0.3, 0.4) is 0 Å². The van der Waals surface area contributed by atoms with Gasteiger partial charge in [-0.2, -0.15) is 0 Å². The van der Waals surface area contributed by atoms with Crippen LogP contribution in [0, 0.1) is 3.57 Å². The average Bonchev–Trinajstić information content (AvgIpc) is 2.23. The third kappa shape index (κ3) is 2.17. The number of rotatable bonds is 1. The number of nitrogens with two attached hydrogens (primary N) is 1. The minimum Gasteiger partial charge on any atom is -0.383 e. The predicted octanol–water partition coefficient (Wildman–Crippen LogP) is 2.08.